The monoisotopic (exact) mass is 511 g/mol. The molecule has 0 fully saturated rings. The molecule has 2 unspecified atom stereocenters. The zero-order chi connectivity index (χ0) is 20.1. The van der Waals surface area contributed by atoms with Crippen LogP contribution in [0.2, 0.25) is 0 Å². The molecule has 0 bridgehead atoms. The van der Waals surface area contributed by atoms with Crippen LogP contribution in [0.3, 0.4) is 0 Å². The summed E-state index contributed by atoms with van der Waals surface area (Å²) in [4.78, 5) is 18.5. The number of nitrogens with one attached hydrogen (secondary N) is 3. The number of hydrogen-bond acceptors (Lipinski definition) is 4. The average molecular weight is 511 g/mol. The SMILES string of the molecule is CN=C(NCC1CC(=O)Nc2ccccc21)NCC(c1cnn(C)c1)N(C)C.I. The minimum Gasteiger partial charge on any atom is -0.356 e. The van der Waals surface area contributed by atoms with E-state index < -0.39 is 0 Å². The van der Waals surface area contributed by atoms with E-state index in [9.17, 15) is 4.79 Å². The number of rotatable bonds is 6. The van der Waals surface area contributed by atoms with Gasteiger partial charge in [-0.1, -0.05) is 18.2 Å². The number of aryl methyl sites for hydroxylation is 1. The van der Waals surface area contributed by atoms with E-state index in [1.165, 1.54) is 0 Å². The van der Waals surface area contributed by atoms with Crippen LogP contribution in [0.1, 0.15) is 29.5 Å². The third-order valence-electron chi connectivity index (χ3n) is 5.04. The highest BCUT2D eigenvalue weighted by molar-refractivity contribution is 14.0. The van der Waals surface area contributed by atoms with Crippen LogP contribution in [0.4, 0.5) is 5.69 Å². The highest BCUT2D eigenvalue weighted by Crippen LogP contribution is 2.31. The Morgan fingerprint density at radius 2 is 2.14 bits per heavy atom. The van der Waals surface area contributed by atoms with Crippen LogP contribution in [0.25, 0.3) is 0 Å². The summed E-state index contributed by atoms with van der Waals surface area (Å²) in [7, 11) is 7.77. The molecule has 0 aliphatic carbocycles. The summed E-state index contributed by atoms with van der Waals surface area (Å²) in [5.41, 5.74) is 3.21. The van der Waals surface area contributed by atoms with Crippen molar-refractivity contribution in [2.45, 2.75) is 18.4 Å². The van der Waals surface area contributed by atoms with Crippen molar-refractivity contribution in [2.75, 3.05) is 39.5 Å². The second kappa shape index (κ2) is 10.6. The van der Waals surface area contributed by atoms with Gasteiger partial charge in [-0.3, -0.25) is 14.5 Å². The predicted octanol–water partition coefficient (Wildman–Crippen LogP) is 1.93. The summed E-state index contributed by atoms with van der Waals surface area (Å²) in [5, 5.41) is 14.0. The van der Waals surface area contributed by atoms with Gasteiger partial charge in [-0.15, -0.1) is 24.0 Å². The Kier molecular flexibility index (Phi) is 8.45. The summed E-state index contributed by atoms with van der Waals surface area (Å²) < 4.78 is 1.81. The van der Waals surface area contributed by atoms with Gasteiger partial charge in [0.05, 0.1) is 12.2 Å². The van der Waals surface area contributed by atoms with Crippen LogP contribution in [0.5, 0.6) is 0 Å². The van der Waals surface area contributed by atoms with Crippen LogP contribution in [-0.2, 0) is 11.8 Å². The molecule has 8 nitrogen and oxygen atoms in total. The van der Waals surface area contributed by atoms with Crippen molar-refractivity contribution < 1.29 is 4.79 Å². The molecule has 9 heteroatoms. The Bertz CT molecular complexity index is 849. The molecule has 0 saturated carbocycles. The highest BCUT2D eigenvalue weighted by atomic mass is 127. The number of amides is 1. The number of carbonyl (C=O) groups is 1. The molecule has 158 valence electrons. The normalized spacial score (nSPS) is 17.2. The van der Waals surface area contributed by atoms with E-state index in [0.29, 0.717) is 19.5 Å². The number of nitrogens with zero attached hydrogens (tertiary/aromatic N) is 4. The Hall–Kier alpha value is -2.14. The zero-order valence-electron chi connectivity index (χ0n) is 17.3. The fraction of sp³-hybridized carbons (Fsp3) is 0.450. The van der Waals surface area contributed by atoms with Crippen molar-refractivity contribution in [1.82, 2.24) is 25.3 Å². The van der Waals surface area contributed by atoms with E-state index in [4.69, 9.17) is 0 Å². The lowest BCUT2D eigenvalue weighted by atomic mass is 9.90. The maximum atomic E-state index is 12.0. The first-order valence-electron chi connectivity index (χ1n) is 9.46. The molecule has 1 aromatic heterocycles. The fourth-order valence-electron chi connectivity index (χ4n) is 3.53. The molecule has 2 atom stereocenters. The summed E-state index contributed by atoms with van der Waals surface area (Å²) in [6.45, 7) is 1.34. The van der Waals surface area contributed by atoms with Gasteiger partial charge >= 0.3 is 0 Å². The number of carbonyl (C=O) groups excluding carboxylic acids is 1. The van der Waals surface area contributed by atoms with E-state index in [1.807, 2.05) is 56.4 Å². The van der Waals surface area contributed by atoms with Crippen molar-refractivity contribution in [3.05, 3.63) is 47.8 Å². The van der Waals surface area contributed by atoms with Gasteiger partial charge in [0.15, 0.2) is 5.96 Å². The number of aromatic nitrogens is 2. The van der Waals surface area contributed by atoms with Gasteiger partial charge in [0, 0.05) is 57.0 Å². The zero-order valence-corrected chi connectivity index (χ0v) is 19.7. The molecule has 29 heavy (non-hydrogen) atoms. The van der Waals surface area contributed by atoms with E-state index in [-0.39, 0.29) is 41.8 Å². The van der Waals surface area contributed by atoms with Crippen molar-refractivity contribution in [3.8, 4) is 0 Å². The molecule has 1 aromatic carbocycles. The first kappa shape index (κ1) is 23.1. The molecule has 3 N–H and O–H groups in total. The summed E-state index contributed by atoms with van der Waals surface area (Å²) >= 11 is 0. The van der Waals surface area contributed by atoms with Crippen LogP contribution in [0.15, 0.2) is 41.7 Å². The van der Waals surface area contributed by atoms with E-state index in [0.717, 1.165) is 22.8 Å². The molecule has 1 amide bonds. The molecule has 3 rings (SSSR count). The second-order valence-electron chi connectivity index (χ2n) is 7.30. The van der Waals surface area contributed by atoms with Gasteiger partial charge in [0.1, 0.15) is 0 Å². The van der Waals surface area contributed by atoms with Crippen LogP contribution in [-0.4, -0.2) is 60.8 Å². The molecule has 2 aromatic rings. The first-order valence-corrected chi connectivity index (χ1v) is 9.46. The number of fused-ring (bicyclic) bond motifs is 1. The standard InChI is InChI=1S/C20H29N7O.HI/c1-21-20(23-12-18(26(2)3)15-11-24-27(4)13-15)22-10-14-9-19(28)25-17-8-6-5-7-16(14)17;/h5-8,11,13-14,18H,9-10,12H2,1-4H3,(H,25,28)(H2,21,22,23);1H. The minimum atomic E-state index is 0. The van der Waals surface area contributed by atoms with Gasteiger partial charge in [-0.25, -0.2) is 0 Å². The predicted molar refractivity (Wildman–Crippen MR) is 127 cm³/mol. The number of hydrogen-bond donors (Lipinski definition) is 3. The van der Waals surface area contributed by atoms with Gasteiger partial charge in [0.25, 0.3) is 0 Å². The Morgan fingerprint density at radius 3 is 2.79 bits per heavy atom. The third kappa shape index (κ3) is 5.92. The number of para-hydroxylation sites is 1. The Balaban J connectivity index is 0.00000300. The lowest BCUT2D eigenvalue weighted by Crippen LogP contribution is -2.43. The molecule has 1 aliphatic rings. The topological polar surface area (TPSA) is 86.6 Å². The number of halogens is 1. The van der Waals surface area contributed by atoms with Gasteiger partial charge in [-0.2, -0.15) is 5.10 Å². The van der Waals surface area contributed by atoms with E-state index >= 15 is 0 Å². The summed E-state index contributed by atoms with van der Waals surface area (Å²) in [6.07, 6.45) is 4.39. The highest BCUT2D eigenvalue weighted by Gasteiger charge is 2.25. The lowest BCUT2D eigenvalue weighted by Gasteiger charge is -2.27. The Labute approximate surface area is 189 Å². The van der Waals surface area contributed by atoms with Crippen LogP contribution < -0.4 is 16.0 Å². The largest absolute Gasteiger partial charge is 0.356 e. The number of aliphatic imine (C=N–C) groups is 1. The fourth-order valence-corrected chi connectivity index (χ4v) is 3.53. The first-order chi connectivity index (χ1) is 13.5. The van der Waals surface area contributed by atoms with Crippen LogP contribution >= 0.6 is 24.0 Å². The van der Waals surface area contributed by atoms with Crippen molar-refractivity contribution in [2.24, 2.45) is 12.0 Å². The average Bonchev–Trinajstić information content (AvgIpc) is 3.09. The quantitative estimate of drug-likeness (QED) is 0.314. The van der Waals surface area contributed by atoms with Gasteiger partial charge in [0.2, 0.25) is 5.91 Å². The third-order valence-corrected chi connectivity index (χ3v) is 5.04. The molecule has 0 saturated heterocycles. The molecule has 1 aliphatic heterocycles. The molecular formula is C20H30IN7O. The smallest absolute Gasteiger partial charge is 0.225 e. The maximum absolute atomic E-state index is 12.0. The maximum Gasteiger partial charge on any atom is 0.225 e. The van der Waals surface area contributed by atoms with Crippen molar-refractivity contribution in [3.63, 3.8) is 0 Å². The minimum absolute atomic E-state index is 0. The molecule has 2 heterocycles. The van der Waals surface area contributed by atoms with Gasteiger partial charge in [-0.05, 0) is 25.7 Å². The van der Waals surface area contributed by atoms with Gasteiger partial charge < -0.3 is 20.9 Å². The van der Waals surface area contributed by atoms with Crippen molar-refractivity contribution in [1.29, 1.82) is 0 Å². The molecular weight excluding hydrogens is 481 g/mol. The number of benzene rings is 1. The Morgan fingerprint density at radius 1 is 1.38 bits per heavy atom. The van der Waals surface area contributed by atoms with E-state index in [2.05, 4.69) is 37.0 Å². The lowest BCUT2D eigenvalue weighted by molar-refractivity contribution is -0.116. The summed E-state index contributed by atoms with van der Waals surface area (Å²) in [6, 6.07) is 8.14. The number of guanidine groups is 1. The van der Waals surface area contributed by atoms with Crippen molar-refractivity contribution >= 4 is 41.5 Å². The van der Waals surface area contributed by atoms with Crippen LogP contribution in [0, 0.1) is 0 Å². The van der Waals surface area contributed by atoms with E-state index in [1.54, 1.807) is 7.05 Å². The number of likely N-dealkylation sites (N-methyl/N-ethyl adjacent to an activating group) is 1. The molecule has 0 spiro atoms. The molecule has 0 radical (unpaired) electrons. The summed E-state index contributed by atoms with van der Waals surface area (Å²) in [5.74, 6) is 0.892. The number of anilines is 1. The second-order valence-corrected chi connectivity index (χ2v) is 7.30.